The van der Waals surface area contributed by atoms with Gasteiger partial charge in [0.1, 0.15) is 5.60 Å². The largest absolute Gasteiger partial charge is 0.379 e. The fraction of sp³-hybridized carbons (Fsp3) is 0.385. The van der Waals surface area contributed by atoms with Crippen LogP contribution in [0.1, 0.15) is 36.2 Å². The van der Waals surface area contributed by atoms with Gasteiger partial charge < -0.3 is 10.8 Å². The number of nitrogens with two attached hydrogens (primary N) is 1. The van der Waals surface area contributed by atoms with Crippen LogP contribution in [0.15, 0.2) is 30.5 Å². The third-order valence-corrected chi connectivity index (χ3v) is 3.66. The lowest BCUT2D eigenvalue weighted by Gasteiger charge is -2.24. The molecule has 2 unspecified atom stereocenters. The molecule has 0 radical (unpaired) electrons. The molecular weight excluding hydrogens is 228 g/mol. The number of fused-ring (bicyclic) bond motifs is 1. The van der Waals surface area contributed by atoms with Crippen molar-refractivity contribution in [1.29, 1.82) is 0 Å². The van der Waals surface area contributed by atoms with E-state index >= 15 is 0 Å². The Hall–Kier alpha value is -1.72. The monoisotopic (exact) mass is 244 g/mol. The summed E-state index contributed by atoms with van der Waals surface area (Å²) in [6.45, 7) is 2.65. The van der Waals surface area contributed by atoms with Gasteiger partial charge in [0.2, 0.25) is 0 Å². The molecule has 1 aromatic carbocycles. The van der Waals surface area contributed by atoms with Crippen LogP contribution in [0.4, 0.5) is 0 Å². The molecule has 5 nitrogen and oxygen atoms in total. The number of aryl methyl sites for hydroxylation is 1. The predicted molar refractivity (Wildman–Crippen MR) is 66.7 cm³/mol. The van der Waals surface area contributed by atoms with Gasteiger partial charge in [0.25, 0.3) is 0 Å². The molecule has 94 valence electrons. The zero-order chi connectivity index (χ0) is 12.8. The first-order valence-electron chi connectivity index (χ1n) is 6.13. The van der Waals surface area contributed by atoms with Crippen molar-refractivity contribution in [3.05, 3.63) is 47.3 Å². The topological polar surface area (TPSA) is 77.0 Å². The number of aliphatic hydroxyl groups is 1. The summed E-state index contributed by atoms with van der Waals surface area (Å²) in [4.78, 5) is 0. The Balaban J connectivity index is 2.18. The van der Waals surface area contributed by atoms with Crippen LogP contribution in [-0.2, 0) is 12.1 Å². The Labute approximate surface area is 105 Å². The summed E-state index contributed by atoms with van der Waals surface area (Å²) in [6, 6.07) is 7.61. The number of nitrogens with zero attached hydrogens (tertiary/aromatic N) is 3. The fourth-order valence-electron chi connectivity index (χ4n) is 2.79. The average Bonchev–Trinajstić information content (AvgIpc) is 2.95. The molecule has 1 aliphatic carbocycles. The molecule has 0 aliphatic heterocycles. The van der Waals surface area contributed by atoms with E-state index in [-0.39, 0.29) is 6.04 Å². The molecule has 0 saturated carbocycles. The van der Waals surface area contributed by atoms with Gasteiger partial charge in [-0.25, -0.2) is 4.68 Å². The third-order valence-electron chi connectivity index (χ3n) is 3.66. The van der Waals surface area contributed by atoms with Crippen molar-refractivity contribution < 1.29 is 5.11 Å². The van der Waals surface area contributed by atoms with Crippen molar-refractivity contribution in [3.8, 4) is 0 Å². The standard InChI is InChI=1S/C13H16N4O/c1-2-17-12(8-15-16-17)13(18)7-11(14)9-5-3-4-6-10(9)13/h3-6,8,11,18H,2,7,14H2,1H3. The molecule has 2 aromatic rings. The second kappa shape index (κ2) is 3.90. The van der Waals surface area contributed by atoms with Crippen LogP contribution < -0.4 is 5.73 Å². The molecule has 1 heterocycles. The second-order valence-corrected chi connectivity index (χ2v) is 4.69. The Morgan fingerprint density at radius 1 is 1.50 bits per heavy atom. The molecule has 1 aliphatic rings. The van der Waals surface area contributed by atoms with E-state index in [1.807, 2.05) is 31.2 Å². The molecule has 2 atom stereocenters. The fourth-order valence-corrected chi connectivity index (χ4v) is 2.79. The van der Waals surface area contributed by atoms with Crippen LogP contribution in [0, 0.1) is 0 Å². The molecule has 0 amide bonds. The van der Waals surface area contributed by atoms with Crippen molar-refractivity contribution in [3.63, 3.8) is 0 Å². The van der Waals surface area contributed by atoms with E-state index in [1.165, 1.54) is 0 Å². The van der Waals surface area contributed by atoms with E-state index < -0.39 is 5.60 Å². The lowest BCUT2D eigenvalue weighted by molar-refractivity contribution is 0.0679. The minimum absolute atomic E-state index is 0.147. The van der Waals surface area contributed by atoms with Crippen LogP contribution in [-0.4, -0.2) is 20.1 Å². The maximum absolute atomic E-state index is 11.0. The summed E-state index contributed by atoms with van der Waals surface area (Å²) in [6.07, 6.45) is 2.10. The van der Waals surface area contributed by atoms with Crippen molar-refractivity contribution in [2.45, 2.75) is 31.5 Å². The maximum Gasteiger partial charge on any atom is 0.135 e. The summed E-state index contributed by atoms with van der Waals surface area (Å²) in [5, 5.41) is 18.9. The van der Waals surface area contributed by atoms with Gasteiger partial charge in [-0.1, -0.05) is 29.5 Å². The van der Waals surface area contributed by atoms with E-state index in [1.54, 1.807) is 10.9 Å². The van der Waals surface area contributed by atoms with Gasteiger partial charge in [0.05, 0.1) is 11.9 Å². The summed E-state index contributed by atoms with van der Waals surface area (Å²) < 4.78 is 1.72. The van der Waals surface area contributed by atoms with Gasteiger partial charge in [-0.15, -0.1) is 5.10 Å². The van der Waals surface area contributed by atoms with E-state index in [9.17, 15) is 5.11 Å². The van der Waals surface area contributed by atoms with E-state index in [4.69, 9.17) is 5.73 Å². The highest BCUT2D eigenvalue weighted by Crippen LogP contribution is 2.45. The normalized spacial score (nSPS) is 26.3. The maximum atomic E-state index is 11.0. The van der Waals surface area contributed by atoms with Crippen LogP contribution >= 0.6 is 0 Å². The van der Waals surface area contributed by atoms with Gasteiger partial charge in [-0.05, 0) is 18.1 Å². The molecule has 3 rings (SSSR count). The second-order valence-electron chi connectivity index (χ2n) is 4.69. The Bertz CT molecular complexity index is 580. The van der Waals surface area contributed by atoms with Gasteiger partial charge in [0.15, 0.2) is 0 Å². The summed E-state index contributed by atoms with van der Waals surface area (Å²) in [5.74, 6) is 0. The van der Waals surface area contributed by atoms with Crippen molar-refractivity contribution in [2.75, 3.05) is 0 Å². The molecule has 0 spiro atoms. The number of benzene rings is 1. The average molecular weight is 244 g/mol. The van der Waals surface area contributed by atoms with Crippen LogP contribution in [0.2, 0.25) is 0 Å². The van der Waals surface area contributed by atoms with Crippen molar-refractivity contribution >= 4 is 0 Å². The highest BCUT2D eigenvalue weighted by Gasteiger charge is 2.44. The van der Waals surface area contributed by atoms with E-state index in [0.29, 0.717) is 18.7 Å². The minimum Gasteiger partial charge on any atom is -0.379 e. The molecule has 0 saturated heterocycles. The first-order chi connectivity index (χ1) is 8.66. The lowest BCUT2D eigenvalue weighted by Crippen LogP contribution is -2.28. The highest BCUT2D eigenvalue weighted by atomic mass is 16.3. The number of rotatable bonds is 2. The van der Waals surface area contributed by atoms with Crippen LogP contribution in [0.5, 0.6) is 0 Å². The quantitative estimate of drug-likeness (QED) is 0.824. The van der Waals surface area contributed by atoms with Crippen molar-refractivity contribution in [1.82, 2.24) is 15.0 Å². The van der Waals surface area contributed by atoms with Gasteiger partial charge >= 0.3 is 0 Å². The van der Waals surface area contributed by atoms with E-state index in [2.05, 4.69) is 10.3 Å². The summed E-state index contributed by atoms with van der Waals surface area (Å²) in [5.41, 5.74) is 7.62. The third kappa shape index (κ3) is 1.41. The molecule has 0 fully saturated rings. The Morgan fingerprint density at radius 2 is 2.28 bits per heavy atom. The lowest BCUT2D eigenvalue weighted by atomic mass is 9.92. The van der Waals surface area contributed by atoms with Gasteiger partial charge in [-0.2, -0.15) is 0 Å². The number of hydrogen-bond acceptors (Lipinski definition) is 4. The van der Waals surface area contributed by atoms with Gasteiger partial charge in [-0.3, -0.25) is 0 Å². The Morgan fingerprint density at radius 3 is 3.06 bits per heavy atom. The Kier molecular flexibility index (Phi) is 2.46. The first-order valence-corrected chi connectivity index (χ1v) is 6.13. The number of hydrogen-bond donors (Lipinski definition) is 2. The zero-order valence-corrected chi connectivity index (χ0v) is 10.2. The molecule has 18 heavy (non-hydrogen) atoms. The van der Waals surface area contributed by atoms with E-state index in [0.717, 1.165) is 11.1 Å². The number of aromatic nitrogens is 3. The molecule has 5 heteroatoms. The van der Waals surface area contributed by atoms with Crippen LogP contribution in [0.3, 0.4) is 0 Å². The smallest absolute Gasteiger partial charge is 0.135 e. The molecule has 0 bridgehead atoms. The van der Waals surface area contributed by atoms with Crippen LogP contribution in [0.25, 0.3) is 0 Å². The predicted octanol–water partition coefficient (Wildman–Crippen LogP) is 0.937. The van der Waals surface area contributed by atoms with Gasteiger partial charge in [0, 0.05) is 19.0 Å². The minimum atomic E-state index is -1.07. The summed E-state index contributed by atoms with van der Waals surface area (Å²) >= 11 is 0. The molecule has 1 aromatic heterocycles. The highest BCUT2D eigenvalue weighted by molar-refractivity contribution is 5.44. The SMILES string of the molecule is CCn1nncc1C1(O)CC(N)c2ccccc21. The van der Waals surface area contributed by atoms with Crippen molar-refractivity contribution in [2.24, 2.45) is 5.73 Å². The summed E-state index contributed by atoms with van der Waals surface area (Å²) in [7, 11) is 0. The first kappa shape index (κ1) is 11.4. The zero-order valence-electron chi connectivity index (χ0n) is 10.2. The molecular formula is C13H16N4O. The molecule has 3 N–H and O–H groups in total.